The first-order valence-electron chi connectivity index (χ1n) is 7.13. The molecule has 0 bridgehead atoms. The molecule has 0 saturated carbocycles. The topological polar surface area (TPSA) is 113 Å². The monoisotopic (exact) mass is 320 g/mol. The number of hydroxylamine groups is 2. The number of imide groups is 1. The van der Waals surface area contributed by atoms with E-state index in [1.807, 2.05) is 6.92 Å². The quantitative estimate of drug-likeness (QED) is 0.774. The van der Waals surface area contributed by atoms with Crippen molar-refractivity contribution in [1.82, 2.24) is 10.4 Å². The van der Waals surface area contributed by atoms with Gasteiger partial charge in [-0.15, -0.1) is 5.06 Å². The van der Waals surface area contributed by atoms with Crippen molar-refractivity contribution in [3.63, 3.8) is 0 Å². The Labute approximate surface area is 132 Å². The van der Waals surface area contributed by atoms with Gasteiger partial charge in [0.05, 0.1) is 0 Å². The first-order chi connectivity index (χ1) is 10.9. The smallest absolute Gasteiger partial charge is 0.367 e. The Bertz CT molecular complexity index is 654. The molecule has 8 heteroatoms. The van der Waals surface area contributed by atoms with E-state index < -0.39 is 29.4 Å². The maximum absolute atomic E-state index is 12.0. The number of rotatable bonds is 5. The van der Waals surface area contributed by atoms with Crippen LogP contribution in [0.4, 0.5) is 0 Å². The van der Waals surface area contributed by atoms with Crippen LogP contribution in [0.15, 0.2) is 18.2 Å². The second kappa shape index (κ2) is 6.91. The number of carbonyl (C=O) groups is 4. The number of phenolic OH excluding ortho intramolecular Hbond substituents is 1. The number of phenols is 1. The molecule has 1 aliphatic heterocycles. The van der Waals surface area contributed by atoms with Gasteiger partial charge in [-0.2, -0.15) is 0 Å². The lowest BCUT2D eigenvalue weighted by molar-refractivity contribution is -0.172. The van der Waals surface area contributed by atoms with Crippen LogP contribution < -0.4 is 5.32 Å². The molecule has 0 aliphatic carbocycles. The average Bonchev–Trinajstić information content (AvgIpc) is 2.84. The second-order valence-corrected chi connectivity index (χ2v) is 4.95. The largest absolute Gasteiger partial charge is 0.507 e. The van der Waals surface area contributed by atoms with Crippen LogP contribution >= 0.6 is 0 Å². The minimum Gasteiger partial charge on any atom is -0.507 e. The van der Waals surface area contributed by atoms with Crippen molar-refractivity contribution >= 4 is 23.7 Å². The van der Waals surface area contributed by atoms with Gasteiger partial charge in [0.25, 0.3) is 17.7 Å². The molecule has 0 aromatic heterocycles. The molecule has 0 unspecified atom stereocenters. The van der Waals surface area contributed by atoms with E-state index in [1.165, 1.54) is 12.1 Å². The maximum Gasteiger partial charge on any atom is 0.367 e. The van der Waals surface area contributed by atoms with Crippen molar-refractivity contribution in [2.24, 2.45) is 0 Å². The molecule has 1 aliphatic rings. The van der Waals surface area contributed by atoms with Gasteiger partial charge in [-0.05, 0) is 24.6 Å². The highest BCUT2D eigenvalue weighted by atomic mass is 16.7. The van der Waals surface area contributed by atoms with Gasteiger partial charge in [0.1, 0.15) is 11.3 Å². The first-order valence-corrected chi connectivity index (χ1v) is 7.13. The Morgan fingerprint density at radius 3 is 2.52 bits per heavy atom. The first kappa shape index (κ1) is 16.5. The van der Waals surface area contributed by atoms with Crippen molar-refractivity contribution < 1.29 is 29.1 Å². The summed E-state index contributed by atoms with van der Waals surface area (Å²) < 4.78 is 0. The van der Waals surface area contributed by atoms with E-state index in [2.05, 4.69) is 5.32 Å². The molecule has 1 aromatic rings. The molecule has 23 heavy (non-hydrogen) atoms. The van der Waals surface area contributed by atoms with Gasteiger partial charge >= 0.3 is 5.97 Å². The van der Waals surface area contributed by atoms with Gasteiger partial charge < -0.3 is 15.3 Å². The van der Waals surface area contributed by atoms with Gasteiger partial charge in [0.2, 0.25) is 0 Å². The summed E-state index contributed by atoms with van der Waals surface area (Å²) >= 11 is 0. The Morgan fingerprint density at radius 1 is 1.26 bits per heavy atom. The van der Waals surface area contributed by atoms with E-state index in [0.29, 0.717) is 11.6 Å². The van der Waals surface area contributed by atoms with Crippen LogP contribution in [0.2, 0.25) is 0 Å². The zero-order valence-corrected chi connectivity index (χ0v) is 12.5. The lowest BCUT2D eigenvalue weighted by Gasteiger charge is -2.13. The SMILES string of the molecule is CCCNC(=O)c1ccc(O)c(C(=O)ON2C(=O)CCC2=O)c1. The second-order valence-electron chi connectivity index (χ2n) is 4.95. The standard InChI is InChI=1S/C15H16N2O6/c1-2-7-16-14(21)9-3-4-11(18)10(8-9)15(22)23-17-12(19)5-6-13(17)20/h3-4,8,18H,2,5-7H2,1H3,(H,16,21). The van der Waals surface area contributed by atoms with Gasteiger partial charge in [-0.1, -0.05) is 6.92 Å². The lowest BCUT2D eigenvalue weighted by atomic mass is 10.1. The molecular formula is C15H16N2O6. The van der Waals surface area contributed by atoms with Gasteiger partial charge in [-0.3, -0.25) is 14.4 Å². The zero-order chi connectivity index (χ0) is 17.0. The van der Waals surface area contributed by atoms with Crippen LogP contribution in [0.3, 0.4) is 0 Å². The number of nitrogens with zero attached hydrogens (tertiary/aromatic N) is 1. The third-order valence-electron chi connectivity index (χ3n) is 3.19. The third-order valence-corrected chi connectivity index (χ3v) is 3.19. The summed E-state index contributed by atoms with van der Waals surface area (Å²) in [5.74, 6) is -3.16. The van der Waals surface area contributed by atoms with Crippen LogP contribution in [0.5, 0.6) is 5.75 Å². The Kier molecular flexibility index (Phi) is 4.95. The summed E-state index contributed by atoms with van der Waals surface area (Å²) in [7, 11) is 0. The molecular weight excluding hydrogens is 304 g/mol. The molecule has 1 fully saturated rings. The molecule has 122 valence electrons. The van der Waals surface area contributed by atoms with Crippen molar-refractivity contribution in [2.45, 2.75) is 26.2 Å². The molecule has 1 aromatic carbocycles. The summed E-state index contributed by atoms with van der Waals surface area (Å²) in [6.07, 6.45) is 0.688. The van der Waals surface area contributed by atoms with Crippen LogP contribution in [-0.4, -0.2) is 40.4 Å². The predicted octanol–water partition coefficient (Wildman–Crippen LogP) is 0.753. The number of nitrogens with one attached hydrogen (secondary N) is 1. The van der Waals surface area contributed by atoms with Crippen LogP contribution in [0.1, 0.15) is 46.9 Å². The molecule has 0 radical (unpaired) electrons. The van der Waals surface area contributed by atoms with Crippen LogP contribution in [0.25, 0.3) is 0 Å². The van der Waals surface area contributed by atoms with Gasteiger partial charge in [0, 0.05) is 24.9 Å². The molecule has 1 saturated heterocycles. The van der Waals surface area contributed by atoms with E-state index >= 15 is 0 Å². The summed E-state index contributed by atoms with van der Waals surface area (Å²) in [4.78, 5) is 51.5. The number of benzene rings is 1. The lowest BCUT2D eigenvalue weighted by Crippen LogP contribution is -2.32. The van der Waals surface area contributed by atoms with E-state index in [0.717, 1.165) is 12.5 Å². The highest BCUT2D eigenvalue weighted by Crippen LogP contribution is 2.21. The summed E-state index contributed by atoms with van der Waals surface area (Å²) in [5, 5.41) is 12.8. The van der Waals surface area contributed by atoms with Crippen LogP contribution in [-0.2, 0) is 14.4 Å². The van der Waals surface area contributed by atoms with Crippen molar-refractivity contribution in [3.8, 4) is 5.75 Å². The summed E-state index contributed by atoms with van der Waals surface area (Å²) in [5.41, 5.74) is -0.149. The third kappa shape index (κ3) is 3.65. The maximum atomic E-state index is 12.0. The fraction of sp³-hybridized carbons (Fsp3) is 0.333. The molecule has 1 heterocycles. The van der Waals surface area contributed by atoms with Gasteiger partial charge in [0.15, 0.2) is 0 Å². The van der Waals surface area contributed by atoms with E-state index in [9.17, 15) is 24.3 Å². The van der Waals surface area contributed by atoms with Crippen molar-refractivity contribution in [1.29, 1.82) is 0 Å². The average molecular weight is 320 g/mol. The number of amides is 3. The molecule has 3 amide bonds. The highest BCUT2D eigenvalue weighted by Gasteiger charge is 2.33. The van der Waals surface area contributed by atoms with Gasteiger partial charge in [-0.25, -0.2) is 4.79 Å². The van der Waals surface area contributed by atoms with Crippen molar-refractivity contribution in [2.75, 3.05) is 6.54 Å². The number of carbonyl (C=O) groups excluding carboxylic acids is 4. The fourth-order valence-electron chi connectivity index (χ4n) is 1.97. The fourth-order valence-corrected chi connectivity index (χ4v) is 1.97. The predicted molar refractivity (Wildman–Crippen MR) is 77.2 cm³/mol. The van der Waals surface area contributed by atoms with E-state index in [1.54, 1.807) is 0 Å². The molecule has 8 nitrogen and oxygen atoms in total. The van der Waals surface area contributed by atoms with E-state index in [4.69, 9.17) is 4.84 Å². The highest BCUT2D eigenvalue weighted by molar-refractivity contribution is 6.04. The number of hydrogen-bond acceptors (Lipinski definition) is 6. The van der Waals surface area contributed by atoms with Crippen molar-refractivity contribution in [3.05, 3.63) is 29.3 Å². The van der Waals surface area contributed by atoms with E-state index in [-0.39, 0.29) is 24.0 Å². The Balaban J connectivity index is 2.17. The molecule has 0 spiro atoms. The Hall–Kier alpha value is -2.90. The minimum atomic E-state index is -1.09. The molecule has 2 rings (SSSR count). The number of hydrogen-bond donors (Lipinski definition) is 2. The molecule has 2 N–H and O–H groups in total. The summed E-state index contributed by atoms with van der Waals surface area (Å²) in [6.45, 7) is 2.36. The number of aromatic hydroxyl groups is 1. The normalized spacial score (nSPS) is 14.0. The Morgan fingerprint density at radius 2 is 1.91 bits per heavy atom. The summed E-state index contributed by atoms with van der Waals surface area (Å²) in [6, 6.07) is 3.67. The zero-order valence-electron chi connectivity index (χ0n) is 12.5. The minimum absolute atomic E-state index is 0.0302. The van der Waals surface area contributed by atoms with Crippen LogP contribution in [0, 0.1) is 0 Å². The molecule has 0 atom stereocenters.